The Bertz CT molecular complexity index is 600. The Balaban J connectivity index is 1.73. The Labute approximate surface area is 111 Å². The molecule has 0 bridgehead atoms. The second kappa shape index (κ2) is 4.62. The number of nitrogens with zero attached hydrogens (tertiary/aromatic N) is 3. The maximum atomic E-state index is 12.2. The molecule has 1 saturated heterocycles. The van der Waals surface area contributed by atoms with Crippen LogP contribution in [0.1, 0.15) is 30.1 Å². The molecule has 3 rings (SSSR count). The van der Waals surface area contributed by atoms with Gasteiger partial charge >= 0.3 is 0 Å². The number of nitrogens with one attached hydrogen (secondary N) is 2. The van der Waals surface area contributed by atoms with Gasteiger partial charge in [0.2, 0.25) is 0 Å². The van der Waals surface area contributed by atoms with Crippen molar-refractivity contribution in [3.05, 3.63) is 30.4 Å². The molecule has 1 atom stereocenters. The van der Waals surface area contributed by atoms with Gasteiger partial charge in [-0.15, -0.1) is 0 Å². The van der Waals surface area contributed by atoms with Crippen molar-refractivity contribution in [2.45, 2.75) is 25.3 Å². The molecule has 19 heavy (non-hydrogen) atoms. The highest BCUT2D eigenvalue weighted by molar-refractivity contribution is 6.00. The second-order valence-electron chi connectivity index (χ2n) is 5.24. The van der Waals surface area contributed by atoms with Crippen LogP contribution in [-0.2, 0) is 0 Å². The summed E-state index contributed by atoms with van der Waals surface area (Å²) in [6.45, 7) is 3.79. The summed E-state index contributed by atoms with van der Waals surface area (Å²) in [6.07, 6.45) is 8.85. The molecule has 0 spiro atoms. The van der Waals surface area contributed by atoms with E-state index in [1.54, 1.807) is 29.3 Å². The van der Waals surface area contributed by atoms with Crippen molar-refractivity contribution in [3.63, 3.8) is 0 Å². The minimum absolute atomic E-state index is 0.0108. The van der Waals surface area contributed by atoms with Crippen molar-refractivity contribution in [1.29, 1.82) is 0 Å². The summed E-state index contributed by atoms with van der Waals surface area (Å²) < 4.78 is 1.65. The molecule has 6 heteroatoms. The minimum Gasteiger partial charge on any atom is -0.350 e. The Morgan fingerprint density at radius 1 is 1.58 bits per heavy atom. The van der Waals surface area contributed by atoms with Gasteiger partial charge in [-0.25, -0.2) is 4.52 Å². The van der Waals surface area contributed by atoms with E-state index in [0.29, 0.717) is 12.1 Å². The van der Waals surface area contributed by atoms with Gasteiger partial charge in [0.05, 0.1) is 23.5 Å². The fourth-order valence-corrected chi connectivity index (χ4v) is 2.49. The zero-order valence-electron chi connectivity index (χ0n) is 10.9. The molecule has 1 fully saturated rings. The van der Waals surface area contributed by atoms with Crippen LogP contribution in [0.15, 0.2) is 24.8 Å². The van der Waals surface area contributed by atoms with Gasteiger partial charge in [-0.3, -0.25) is 9.78 Å². The normalized spacial score (nSPS) is 22.8. The number of aromatic nitrogens is 3. The molecular formula is C13H17N5O. The third-order valence-corrected chi connectivity index (χ3v) is 3.67. The molecule has 0 saturated carbocycles. The van der Waals surface area contributed by atoms with Gasteiger partial charge in [-0.1, -0.05) is 0 Å². The van der Waals surface area contributed by atoms with Crippen LogP contribution in [0, 0.1) is 0 Å². The average molecular weight is 259 g/mol. The van der Waals surface area contributed by atoms with Crippen LogP contribution < -0.4 is 10.6 Å². The number of hydrogen-bond donors (Lipinski definition) is 2. The van der Waals surface area contributed by atoms with E-state index in [-0.39, 0.29) is 11.4 Å². The maximum Gasteiger partial charge on any atom is 0.255 e. The van der Waals surface area contributed by atoms with Gasteiger partial charge in [0, 0.05) is 24.5 Å². The van der Waals surface area contributed by atoms with E-state index in [9.17, 15) is 4.79 Å². The number of amides is 1. The van der Waals surface area contributed by atoms with E-state index >= 15 is 0 Å². The van der Waals surface area contributed by atoms with Crippen molar-refractivity contribution in [2.75, 3.05) is 13.1 Å². The lowest BCUT2D eigenvalue weighted by molar-refractivity contribution is 0.0944. The van der Waals surface area contributed by atoms with Crippen LogP contribution in [0.25, 0.3) is 5.52 Å². The summed E-state index contributed by atoms with van der Waals surface area (Å²) in [4.78, 5) is 16.2. The first-order valence-corrected chi connectivity index (χ1v) is 6.49. The summed E-state index contributed by atoms with van der Waals surface area (Å²) in [5.41, 5.74) is 1.30. The van der Waals surface area contributed by atoms with E-state index in [2.05, 4.69) is 27.6 Å². The number of carbonyl (C=O) groups excluding carboxylic acids is 1. The third kappa shape index (κ3) is 2.31. The number of carbonyl (C=O) groups is 1. The van der Waals surface area contributed by atoms with Crippen LogP contribution in [0.5, 0.6) is 0 Å². The van der Waals surface area contributed by atoms with Gasteiger partial charge in [0.15, 0.2) is 0 Å². The van der Waals surface area contributed by atoms with Gasteiger partial charge in [0.25, 0.3) is 5.91 Å². The van der Waals surface area contributed by atoms with Crippen molar-refractivity contribution < 1.29 is 4.79 Å². The van der Waals surface area contributed by atoms with Crippen LogP contribution in [-0.4, -0.2) is 39.1 Å². The van der Waals surface area contributed by atoms with Crippen LogP contribution in [0.3, 0.4) is 0 Å². The van der Waals surface area contributed by atoms with Crippen molar-refractivity contribution in [2.24, 2.45) is 0 Å². The topological polar surface area (TPSA) is 71.3 Å². The molecule has 100 valence electrons. The predicted octanol–water partition coefficient (Wildman–Crippen LogP) is 0.601. The molecule has 1 unspecified atom stereocenters. The highest BCUT2D eigenvalue weighted by Crippen LogP contribution is 2.17. The van der Waals surface area contributed by atoms with E-state index < -0.39 is 0 Å². The van der Waals surface area contributed by atoms with Crippen LogP contribution >= 0.6 is 0 Å². The molecule has 6 nitrogen and oxygen atoms in total. The molecule has 0 aliphatic carbocycles. The zero-order valence-corrected chi connectivity index (χ0v) is 10.9. The summed E-state index contributed by atoms with van der Waals surface area (Å²) in [5, 5.41) is 10.5. The fourth-order valence-electron chi connectivity index (χ4n) is 2.49. The molecule has 1 amide bonds. The first-order valence-electron chi connectivity index (χ1n) is 6.49. The zero-order chi connectivity index (χ0) is 13.3. The molecule has 0 aromatic carbocycles. The summed E-state index contributed by atoms with van der Waals surface area (Å²) in [6, 6.07) is 0. The standard InChI is InChI=1S/C13H17N5O/c1-13(3-2-4-16-13)9-15-12(19)10-7-17-18-6-5-14-8-11(10)18/h5-8,16H,2-4,9H2,1H3,(H,15,19). The van der Waals surface area contributed by atoms with Crippen LogP contribution in [0.2, 0.25) is 0 Å². The van der Waals surface area contributed by atoms with Crippen LogP contribution in [0.4, 0.5) is 0 Å². The first kappa shape index (κ1) is 12.1. The molecular weight excluding hydrogens is 242 g/mol. The Morgan fingerprint density at radius 2 is 2.47 bits per heavy atom. The van der Waals surface area contributed by atoms with E-state index in [4.69, 9.17) is 0 Å². The molecule has 3 heterocycles. The highest BCUT2D eigenvalue weighted by Gasteiger charge is 2.28. The minimum atomic E-state index is -0.0991. The largest absolute Gasteiger partial charge is 0.350 e. The number of rotatable bonds is 3. The van der Waals surface area contributed by atoms with Gasteiger partial charge in [0.1, 0.15) is 0 Å². The van der Waals surface area contributed by atoms with Gasteiger partial charge in [-0.2, -0.15) is 5.10 Å². The summed E-state index contributed by atoms with van der Waals surface area (Å²) >= 11 is 0. The predicted molar refractivity (Wildman–Crippen MR) is 71.0 cm³/mol. The highest BCUT2D eigenvalue weighted by atomic mass is 16.1. The lowest BCUT2D eigenvalue weighted by Crippen LogP contribution is -2.47. The van der Waals surface area contributed by atoms with E-state index in [0.717, 1.165) is 24.9 Å². The quantitative estimate of drug-likeness (QED) is 0.847. The van der Waals surface area contributed by atoms with Gasteiger partial charge in [-0.05, 0) is 26.3 Å². The van der Waals surface area contributed by atoms with Crippen molar-refractivity contribution in [3.8, 4) is 0 Å². The molecule has 1 aliphatic heterocycles. The maximum absolute atomic E-state index is 12.2. The van der Waals surface area contributed by atoms with Crippen molar-refractivity contribution in [1.82, 2.24) is 25.2 Å². The Kier molecular flexibility index (Phi) is 2.94. The smallest absolute Gasteiger partial charge is 0.255 e. The molecule has 1 aliphatic rings. The fraction of sp³-hybridized carbons (Fsp3) is 0.462. The Hall–Kier alpha value is -1.95. The lowest BCUT2D eigenvalue weighted by atomic mass is 10.0. The third-order valence-electron chi connectivity index (χ3n) is 3.67. The SMILES string of the molecule is CC1(CNC(=O)c2cnn3ccncc23)CCCN1. The number of fused-ring (bicyclic) bond motifs is 1. The lowest BCUT2D eigenvalue weighted by Gasteiger charge is -2.24. The average Bonchev–Trinajstić information content (AvgIpc) is 3.03. The molecule has 2 N–H and O–H groups in total. The first-order chi connectivity index (χ1) is 9.18. The monoisotopic (exact) mass is 259 g/mol. The molecule has 2 aromatic rings. The number of hydrogen-bond acceptors (Lipinski definition) is 4. The van der Waals surface area contributed by atoms with Gasteiger partial charge < -0.3 is 10.6 Å². The van der Waals surface area contributed by atoms with E-state index in [1.165, 1.54) is 0 Å². The van der Waals surface area contributed by atoms with E-state index in [1.807, 2.05) is 0 Å². The molecule has 0 radical (unpaired) electrons. The van der Waals surface area contributed by atoms with Crippen molar-refractivity contribution >= 4 is 11.4 Å². The molecule has 2 aromatic heterocycles. The second-order valence-corrected chi connectivity index (χ2v) is 5.24. The summed E-state index contributed by atoms with van der Waals surface area (Å²) in [5.74, 6) is -0.0991. The Morgan fingerprint density at radius 3 is 3.26 bits per heavy atom. The summed E-state index contributed by atoms with van der Waals surface area (Å²) in [7, 11) is 0.